The average molecular weight is 473 g/mol. The minimum Gasteiger partial charge on any atom is -0.494 e. The highest BCUT2D eigenvalue weighted by Crippen LogP contribution is 2.24. The second-order valence-corrected chi connectivity index (χ2v) is 7.91. The Balaban J connectivity index is 1.57. The molecule has 2 aromatic carbocycles. The van der Waals surface area contributed by atoms with Crippen molar-refractivity contribution in [2.24, 2.45) is 0 Å². The van der Waals surface area contributed by atoms with Crippen LogP contribution in [-0.2, 0) is 6.42 Å². The van der Waals surface area contributed by atoms with Gasteiger partial charge in [0.05, 0.1) is 12.3 Å². The number of hydrogen-bond acceptors (Lipinski definition) is 5. The van der Waals surface area contributed by atoms with Crippen LogP contribution in [0.3, 0.4) is 0 Å². The molecule has 0 spiro atoms. The number of hydrogen-bond donors (Lipinski definition) is 3. The highest BCUT2D eigenvalue weighted by molar-refractivity contribution is 5.99. The molecule has 4 rings (SSSR count). The van der Waals surface area contributed by atoms with E-state index in [4.69, 9.17) is 4.74 Å². The number of ether oxygens (including phenoxy) is 1. The first kappa shape index (κ1) is 23.7. The van der Waals surface area contributed by atoms with E-state index in [9.17, 15) is 9.59 Å². The number of urea groups is 1. The first-order valence-corrected chi connectivity index (χ1v) is 11.6. The molecule has 0 aliphatic carbocycles. The number of amides is 2. The van der Waals surface area contributed by atoms with Crippen molar-refractivity contribution in [1.82, 2.24) is 19.7 Å². The zero-order valence-corrected chi connectivity index (χ0v) is 19.7. The molecule has 0 saturated heterocycles. The fourth-order valence-electron chi connectivity index (χ4n) is 3.40. The van der Waals surface area contributed by atoms with E-state index in [1.54, 1.807) is 18.2 Å². The van der Waals surface area contributed by atoms with Crippen LogP contribution in [-0.4, -0.2) is 32.4 Å². The van der Waals surface area contributed by atoms with Gasteiger partial charge in [-0.05, 0) is 37.1 Å². The molecular weight excluding hydrogens is 444 g/mol. The van der Waals surface area contributed by atoms with Crippen LogP contribution in [0.1, 0.15) is 32.4 Å². The summed E-state index contributed by atoms with van der Waals surface area (Å²) in [6, 6.07) is 19.5. The van der Waals surface area contributed by atoms with E-state index in [1.165, 1.54) is 10.7 Å². The molecule has 4 aromatic rings. The largest absolute Gasteiger partial charge is 0.494 e. The molecule has 9 heteroatoms. The van der Waals surface area contributed by atoms with E-state index in [-0.39, 0.29) is 11.5 Å². The minimum atomic E-state index is -0.459. The second-order valence-electron chi connectivity index (χ2n) is 7.91. The van der Waals surface area contributed by atoms with Crippen LogP contribution in [0.5, 0.6) is 5.75 Å². The molecule has 0 unspecified atom stereocenters. The zero-order valence-electron chi connectivity index (χ0n) is 19.7. The smallest absolute Gasteiger partial charge is 0.324 e. The number of benzene rings is 2. The van der Waals surface area contributed by atoms with Crippen molar-refractivity contribution in [1.29, 1.82) is 0 Å². The van der Waals surface area contributed by atoms with Crippen molar-refractivity contribution in [3.8, 4) is 23.0 Å². The van der Waals surface area contributed by atoms with Gasteiger partial charge in [-0.1, -0.05) is 50.6 Å². The summed E-state index contributed by atoms with van der Waals surface area (Å²) in [4.78, 5) is 32.2. The first-order valence-electron chi connectivity index (χ1n) is 11.6. The van der Waals surface area contributed by atoms with Crippen molar-refractivity contribution in [2.45, 2.75) is 33.1 Å². The monoisotopic (exact) mass is 472 g/mol. The Bertz CT molecular complexity index is 1330. The van der Waals surface area contributed by atoms with Crippen molar-refractivity contribution in [3.05, 3.63) is 82.8 Å². The molecule has 0 atom stereocenters. The number of unbranched alkanes of at least 4 members (excludes halogenated alkanes) is 1. The molecule has 2 amide bonds. The van der Waals surface area contributed by atoms with Crippen LogP contribution in [0.2, 0.25) is 0 Å². The van der Waals surface area contributed by atoms with Crippen LogP contribution in [0.15, 0.2) is 71.5 Å². The normalized spacial score (nSPS) is 10.7. The molecule has 0 fully saturated rings. The van der Waals surface area contributed by atoms with Crippen molar-refractivity contribution < 1.29 is 9.53 Å². The van der Waals surface area contributed by atoms with Crippen molar-refractivity contribution in [2.75, 3.05) is 17.2 Å². The number of carbonyl (C=O) groups is 1. The summed E-state index contributed by atoms with van der Waals surface area (Å²) in [5.41, 5.74) is 2.43. The van der Waals surface area contributed by atoms with E-state index in [0.29, 0.717) is 35.9 Å². The minimum absolute atomic E-state index is 0.223. The Kier molecular flexibility index (Phi) is 7.57. The third kappa shape index (κ3) is 6.14. The second kappa shape index (κ2) is 11.1. The molecular formula is C26H28N6O3. The van der Waals surface area contributed by atoms with Gasteiger partial charge < -0.3 is 10.1 Å². The lowest BCUT2D eigenvalue weighted by Gasteiger charge is -2.10. The number of nitrogens with zero attached hydrogens (tertiary/aromatic N) is 3. The molecule has 2 heterocycles. The standard InChI is InChI=1S/C26H28N6O3/c1-3-5-15-35-21-13-11-20(12-14-21)28-26(34)29-23-17-22(18-9-7-6-8-10-18)31-32(23)25-27-19(4-2)16-24(33)30-25/h6-14,16-17H,3-5,15H2,1-2H3,(H,27,30,33)(H2,28,29,34). The third-order valence-electron chi connectivity index (χ3n) is 5.24. The zero-order chi connectivity index (χ0) is 24.6. The summed E-state index contributed by atoms with van der Waals surface area (Å²) in [5.74, 6) is 1.33. The van der Waals surface area contributed by atoms with Crippen molar-refractivity contribution >= 4 is 17.5 Å². The SMILES string of the molecule is CCCCOc1ccc(NC(=O)Nc2cc(-c3ccccc3)nn2-c2nc(CC)cc(=O)[nH]2)cc1. The quantitative estimate of drug-likeness (QED) is 0.296. The van der Waals surface area contributed by atoms with Crippen molar-refractivity contribution in [3.63, 3.8) is 0 Å². The average Bonchev–Trinajstić information content (AvgIpc) is 3.29. The summed E-state index contributed by atoms with van der Waals surface area (Å²) in [7, 11) is 0. The number of aromatic nitrogens is 4. The molecule has 35 heavy (non-hydrogen) atoms. The Hall–Kier alpha value is -4.40. The number of anilines is 2. The van der Waals surface area contributed by atoms with Crippen LogP contribution < -0.4 is 20.9 Å². The predicted molar refractivity (Wildman–Crippen MR) is 136 cm³/mol. The van der Waals surface area contributed by atoms with E-state index in [1.807, 2.05) is 49.4 Å². The number of aromatic amines is 1. The van der Waals surface area contributed by atoms with Crippen LogP contribution in [0.4, 0.5) is 16.3 Å². The third-order valence-corrected chi connectivity index (χ3v) is 5.24. The molecule has 2 aromatic heterocycles. The van der Waals surface area contributed by atoms with Gasteiger partial charge in [0, 0.05) is 29.1 Å². The number of rotatable bonds is 9. The summed E-state index contributed by atoms with van der Waals surface area (Å²) < 4.78 is 7.09. The maximum absolute atomic E-state index is 12.8. The number of aryl methyl sites for hydroxylation is 1. The predicted octanol–water partition coefficient (Wildman–Crippen LogP) is 5.01. The van der Waals surface area contributed by atoms with Gasteiger partial charge in [0.1, 0.15) is 11.6 Å². The van der Waals surface area contributed by atoms with Gasteiger partial charge in [0.15, 0.2) is 0 Å². The van der Waals surface area contributed by atoms with Crippen LogP contribution in [0.25, 0.3) is 17.2 Å². The molecule has 3 N–H and O–H groups in total. The van der Waals surface area contributed by atoms with Gasteiger partial charge in [-0.25, -0.2) is 9.78 Å². The van der Waals surface area contributed by atoms with E-state index in [0.717, 1.165) is 24.2 Å². The highest BCUT2D eigenvalue weighted by Gasteiger charge is 2.16. The molecule has 180 valence electrons. The van der Waals surface area contributed by atoms with Gasteiger partial charge in [-0.2, -0.15) is 9.78 Å². The molecule has 0 aliphatic rings. The first-order chi connectivity index (χ1) is 17.1. The summed E-state index contributed by atoms with van der Waals surface area (Å²) in [6.45, 7) is 4.68. The Labute approximate surface area is 203 Å². The maximum atomic E-state index is 12.8. The van der Waals surface area contributed by atoms with E-state index in [2.05, 4.69) is 32.6 Å². The maximum Gasteiger partial charge on any atom is 0.324 e. The van der Waals surface area contributed by atoms with E-state index >= 15 is 0 Å². The molecule has 0 aliphatic heterocycles. The number of nitrogens with one attached hydrogen (secondary N) is 3. The number of H-pyrrole nitrogens is 1. The lowest BCUT2D eigenvalue weighted by molar-refractivity contribution is 0.262. The lowest BCUT2D eigenvalue weighted by atomic mass is 10.2. The summed E-state index contributed by atoms with van der Waals surface area (Å²) >= 11 is 0. The topological polar surface area (TPSA) is 114 Å². The van der Waals surface area contributed by atoms with Gasteiger partial charge in [0.2, 0.25) is 5.95 Å². The molecule has 9 nitrogen and oxygen atoms in total. The van der Waals surface area contributed by atoms with Gasteiger partial charge in [-0.15, -0.1) is 0 Å². The highest BCUT2D eigenvalue weighted by atomic mass is 16.5. The summed E-state index contributed by atoms with van der Waals surface area (Å²) in [6.07, 6.45) is 2.64. The van der Waals surface area contributed by atoms with E-state index < -0.39 is 6.03 Å². The molecule has 0 saturated carbocycles. The van der Waals surface area contributed by atoms with Gasteiger partial charge >= 0.3 is 6.03 Å². The van der Waals surface area contributed by atoms with Crippen LogP contribution in [0, 0.1) is 0 Å². The lowest BCUT2D eigenvalue weighted by Crippen LogP contribution is -2.22. The van der Waals surface area contributed by atoms with Gasteiger partial charge in [-0.3, -0.25) is 15.1 Å². The molecule has 0 bridgehead atoms. The summed E-state index contributed by atoms with van der Waals surface area (Å²) in [5, 5.41) is 10.2. The van der Waals surface area contributed by atoms with Crippen LogP contribution >= 0.6 is 0 Å². The van der Waals surface area contributed by atoms with Gasteiger partial charge in [0.25, 0.3) is 5.56 Å². The Morgan fingerprint density at radius 2 is 1.80 bits per heavy atom. The Morgan fingerprint density at radius 3 is 2.51 bits per heavy atom. The molecule has 0 radical (unpaired) electrons. The Morgan fingerprint density at radius 1 is 1.03 bits per heavy atom. The fraction of sp³-hybridized carbons (Fsp3) is 0.231. The number of carbonyl (C=O) groups excluding carboxylic acids is 1. The fourth-order valence-corrected chi connectivity index (χ4v) is 3.40.